The highest BCUT2D eigenvalue weighted by Gasteiger charge is 2.21. The van der Waals surface area contributed by atoms with Gasteiger partial charge in [-0.1, -0.05) is 29.3 Å². The van der Waals surface area contributed by atoms with Crippen LogP contribution in [-0.2, 0) is 10.0 Å². The summed E-state index contributed by atoms with van der Waals surface area (Å²) in [5, 5.41) is 4.72. The number of hydrogen-bond donors (Lipinski definition) is 1. The Morgan fingerprint density at radius 2 is 1.65 bits per heavy atom. The minimum absolute atomic E-state index is 0.166. The molecule has 0 aliphatic heterocycles. The monoisotopic (exact) mass is 403 g/mol. The zero-order valence-electron chi connectivity index (χ0n) is 11.8. The van der Waals surface area contributed by atoms with Gasteiger partial charge in [0.05, 0.1) is 25.4 Å². The summed E-state index contributed by atoms with van der Waals surface area (Å²) >= 11 is 15.1. The van der Waals surface area contributed by atoms with E-state index in [0.717, 1.165) is 9.75 Å². The van der Waals surface area contributed by atoms with Crippen molar-refractivity contribution < 1.29 is 8.42 Å². The van der Waals surface area contributed by atoms with Gasteiger partial charge in [0.25, 0.3) is 10.0 Å². The second kappa shape index (κ2) is 6.45. The third-order valence-corrected chi connectivity index (χ3v) is 7.58. The first-order chi connectivity index (χ1) is 10.9. The molecule has 0 saturated heterocycles. The lowest BCUT2D eigenvalue weighted by Gasteiger charge is -2.11. The maximum atomic E-state index is 12.7. The van der Waals surface area contributed by atoms with E-state index in [0.29, 0.717) is 21.3 Å². The van der Waals surface area contributed by atoms with Crippen LogP contribution in [0.2, 0.25) is 10.0 Å². The summed E-state index contributed by atoms with van der Waals surface area (Å²) in [6, 6.07) is 8.34. The van der Waals surface area contributed by atoms with Crippen LogP contribution < -0.4 is 4.72 Å². The molecule has 0 aliphatic rings. The van der Waals surface area contributed by atoms with Gasteiger partial charge in [0.1, 0.15) is 0 Å². The summed E-state index contributed by atoms with van der Waals surface area (Å²) < 4.78 is 28.0. The summed E-state index contributed by atoms with van der Waals surface area (Å²) in [5.41, 5.74) is 1.03. The van der Waals surface area contributed by atoms with Crippen molar-refractivity contribution in [1.29, 1.82) is 0 Å². The van der Waals surface area contributed by atoms with Gasteiger partial charge in [-0.3, -0.25) is 4.72 Å². The first-order valence-corrected chi connectivity index (χ1v) is 10.5. The number of hydrogen-bond acceptors (Lipinski definition) is 4. The number of anilines is 1. The summed E-state index contributed by atoms with van der Waals surface area (Å²) in [6.07, 6.45) is 0. The Morgan fingerprint density at radius 3 is 2.35 bits per heavy atom. The predicted octanol–water partition coefficient (Wildman–Crippen LogP) is 5.89. The van der Waals surface area contributed by atoms with E-state index in [4.69, 9.17) is 23.2 Å². The van der Waals surface area contributed by atoms with E-state index in [2.05, 4.69) is 4.72 Å². The van der Waals surface area contributed by atoms with Crippen molar-refractivity contribution in [2.45, 2.75) is 11.8 Å². The first kappa shape index (κ1) is 16.8. The number of thiophene rings is 2. The van der Waals surface area contributed by atoms with Crippen molar-refractivity contribution in [3.63, 3.8) is 0 Å². The highest BCUT2D eigenvalue weighted by Crippen LogP contribution is 2.42. The standard InChI is InChI=1S/C15H11Cl2NO2S3/c1-9-10(16)3-2-4-13(9)23(19,20)18-12-6-8-22-15(12)14-11(17)5-7-21-14/h2-8,18H,1H3. The van der Waals surface area contributed by atoms with E-state index in [9.17, 15) is 8.42 Å². The fourth-order valence-electron chi connectivity index (χ4n) is 2.10. The summed E-state index contributed by atoms with van der Waals surface area (Å²) in [4.78, 5) is 1.81. The Morgan fingerprint density at radius 1 is 0.957 bits per heavy atom. The van der Waals surface area contributed by atoms with Gasteiger partial charge in [-0.25, -0.2) is 8.42 Å². The Bertz CT molecular complexity index is 961. The Kier molecular flexibility index (Phi) is 4.71. The second-order valence-corrected chi connectivity index (χ2v) is 9.03. The van der Waals surface area contributed by atoms with Crippen molar-refractivity contribution in [1.82, 2.24) is 0 Å². The van der Waals surface area contributed by atoms with Crippen molar-refractivity contribution in [3.8, 4) is 9.75 Å². The normalized spacial score (nSPS) is 11.6. The fraction of sp³-hybridized carbons (Fsp3) is 0.0667. The lowest BCUT2D eigenvalue weighted by atomic mass is 10.2. The SMILES string of the molecule is Cc1c(Cl)cccc1S(=O)(=O)Nc1ccsc1-c1sccc1Cl. The number of rotatable bonds is 4. The minimum Gasteiger partial charge on any atom is -0.278 e. The van der Waals surface area contributed by atoms with Crippen LogP contribution >= 0.6 is 45.9 Å². The molecule has 0 aliphatic carbocycles. The second-order valence-electron chi connectivity index (χ2n) is 4.73. The van der Waals surface area contributed by atoms with E-state index in [-0.39, 0.29) is 4.90 Å². The molecule has 3 rings (SSSR count). The Labute approximate surface area is 152 Å². The lowest BCUT2D eigenvalue weighted by molar-refractivity contribution is 0.600. The highest BCUT2D eigenvalue weighted by molar-refractivity contribution is 7.92. The van der Waals surface area contributed by atoms with Crippen molar-refractivity contribution in [2.24, 2.45) is 0 Å². The third-order valence-electron chi connectivity index (χ3n) is 3.24. The van der Waals surface area contributed by atoms with Gasteiger partial charge < -0.3 is 0 Å². The molecular weight excluding hydrogens is 393 g/mol. The molecule has 8 heteroatoms. The molecule has 0 spiro atoms. The number of nitrogens with one attached hydrogen (secondary N) is 1. The molecule has 0 bridgehead atoms. The molecule has 0 radical (unpaired) electrons. The van der Waals surface area contributed by atoms with Gasteiger partial charge in [-0.15, -0.1) is 22.7 Å². The molecule has 120 valence electrons. The third kappa shape index (κ3) is 3.27. The van der Waals surface area contributed by atoms with Crippen LogP contribution in [0.5, 0.6) is 0 Å². The number of halogens is 2. The molecule has 2 heterocycles. The fourth-order valence-corrected chi connectivity index (χ4v) is 5.99. The van der Waals surface area contributed by atoms with Gasteiger partial charge in [0.15, 0.2) is 0 Å². The topological polar surface area (TPSA) is 46.2 Å². The molecule has 1 aromatic carbocycles. The van der Waals surface area contributed by atoms with Gasteiger partial charge in [0.2, 0.25) is 0 Å². The van der Waals surface area contributed by atoms with Crippen molar-refractivity contribution in [2.75, 3.05) is 4.72 Å². The zero-order valence-corrected chi connectivity index (χ0v) is 15.8. The van der Waals surface area contributed by atoms with Crippen LogP contribution in [0.4, 0.5) is 5.69 Å². The molecule has 3 aromatic rings. The molecule has 0 amide bonds. The Balaban J connectivity index is 2.02. The molecule has 0 saturated carbocycles. The summed E-state index contributed by atoms with van der Waals surface area (Å²) in [6.45, 7) is 1.68. The van der Waals surface area contributed by atoms with E-state index in [1.54, 1.807) is 31.2 Å². The maximum absolute atomic E-state index is 12.7. The molecule has 1 N–H and O–H groups in total. The average molecular weight is 404 g/mol. The molecular formula is C15H11Cl2NO2S3. The minimum atomic E-state index is -3.73. The van der Waals surface area contributed by atoms with E-state index < -0.39 is 10.0 Å². The molecule has 0 unspecified atom stereocenters. The number of sulfonamides is 1. The maximum Gasteiger partial charge on any atom is 0.262 e. The van der Waals surface area contributed by atoms with Crippen LogP contribution in [0, 0.1) is 6.92 Å². The Hall–Kier alpha value is -1.05. The highest BCUT2D eigenvalue weighted by atomic mass is 35.5. The largest absolute Gasteiger partial charge is 0.278 e. The van der Waals surface area contributed by atoms with Crippen LogP contribution in [0.3, 0.4) is 0 Å². The van der Waals surface area contributed by atoms with Crippen LogP contribution in [0.25, 0.3) is 9.75 Å². The van der Waals surface area contributed by atoms with Crippen molar-refractivity contribution >= 4 is 61.6 Å². The van der Waals surface area contributed by atoms with E-state index in [1.165, 1.54) is 28.7 Å². The van der Waals surface area contributed by atoms with Crippen LogP contribution in [-0.4, -0.2) is 8.42 Å². The summed E-state index contributed by atoms with van der Waals surface area (Å²) in [7, 11) is -3.73. The van der Waals surface area contributed by atoms with Gasteiger partial charge in [-0.05, 0) is 47.5 Å². The van der Waals surface area contributed by atoms with E-state index >= 15 is 0 Å². The van der Waals surface area contributed by atoms with E-state index in [1.807, 2.05) is 10.8 Å². The van der Waals surface area contributed by atoms with Gasteiger partial charge >= 0.3 is 0 Å². The quantitative estimate of drug-likeness (QED) is 0.589. The number of benzene rings is 1. The molecule has 0 atom stereocenters. The molecule has 2 aromatic heterocycles. The van der Waals surface area contributed by atoms with Crippen LogP contribution in [0.1, 0.15) is 5.56 Å². The van der Waals surface area contributed by atoms with Crippen molar-refractivity contribution in [3.05, 3.63) is 56.7 Å². The predicted molar refractivity (Wildman–Crippen MR) is 99.6 cm³/mol. The molecule has 3 nitrogen and oxygen atoms in total. The lowest BCUT2D eigenvalue weighted by Crippen LogP contribution is -2.14. The van der Waals surface area contributed by atoms with Crippen LogP contribution in [0.15, 0.2) is 46.0 Å². The smallest absolute Gasteiger partial charge is 0.262 e. The average Bonchev–Trinajstić information content (AvgIpc) is 3.09. The van der Waals surface area contributed by atoms with Gasteiger partial charge in [0, 0.05) is 5.02 Å². The molecule has 0 fully saturated rings. The molecule has 23 heavy (non-hydrogen) atoms. The summed E-state index contributed by atoms with van der Waals surface area (Å²) in [5.74, 6) is 0. The zero-order chi connectivity index (χ0) is 16.6. The van der Waals surface area contributed by atoms with Gasteiger partial charge in [-0.2, -0.15) is 0 Å². The first-order valence-electron chi connectivity index (χ1n) is 6.49.